The number of halogens is 1. The zero-order valence-electron chi connectivity index (χ0n) is 10.8. The van der Waals surface area contributed by atoms with E-state index in [4.69, 9.17) is 5.73 Å². The van der Waals surface area contributed by atoms with Gasteiger partial charge in [-0.2, -0.15) is 4.31 Å². The van der Waals surface area contributed by atoms with Crippen molar-refractivity contribution in [1.29, 1.82) is 0 Å². The van der Waals surface area contributed by atoms with E-state index in [0.717, 1.165) is 5.56 Å². The van der Waals surface area contributed by atoms with Gasteiger partial charge in [-0.3, -0.25) is 4.98 Å². The smallest absolute Gasteiger partial charge is 0.243 e. The molecule has 0 bridgehead atoms. The number of hydrogen-bond donors (Lipinski definition) is 1. The van der Waals surface area contributed by atoms with Crippen LogP contribution < -0.4 is 5.73 Å². The van der Waals surface area contributed by atoms with Crippen molar-refractivity contribution in [1.82, 2.24) is 9.29 Å². The summed E-state index contributed by atoms with van der Waals surface area (Å²) in [4.78, 5) is 4.11. The Kier molecular flexibility index (Phi) is 4.42. The van der Waals surface area contributed by atoms with Gasteiger partial charge in [0.1, 0.15) is 0 Å². The maximum Gasteiger partial charge on any atom is 0.243 e. The first-order valence-corrected chi connectivity index (χ1v) is 8.05. The Hall–Kier alpha value is -1.44. The van der Waals surface area contributed by atoms with Crippen molar-refractivity contribution in [3.63, 3.8) is 0 Å². The number of nitrogen functional groups attached to an aromatic ring is 1. The Morgan fingerprint density at radius 2 is 1.90 bits per heavy atom. The molecule has 0 unspecified atom stereocenters. The number of anilines is 1. The number of sulfonamides is 1. The zero-order valence-corrected chi connectivity index (χ0v) is 13.2. The molecule has 0 spiro atoms. The molecule has 20 heavy (non-hydrogen) atoms. The van der Waals surface area contributed by atoms with Gasteiger partial charge in [0, 0.05) is 36.1 Å². The van der Waals surface area contributed by atoms with Gasteiger partial charge in [0.2, 0.25) is 10.0 Å². The maximum absolute atomic E-state index is 12.4. The lowest BCUT2D eigenvalue weighted by atomic mass is 10.3. The predicted octanol–water partition coefficient (Wildman–Crippen LogP) is 2.25. The van der Waals surface area contributed by atoms with E-state index in [0.29, 0.717) is 10.2 Å². The van der Waals surface area contributed by atoms with Gasteiger partial charge in [0.05, 0.1) is 4.90 Å². The topological polar surface area (TPSA) is 76.3 Å². The Morgan fingerprint density at radius 1 is 1.25 bits per heavy atom. The van der Waals surface area contributed by atoms with Gasteiger partial charge in [-0.05, 0) is 51.8 Å². The highest BCUT2D eigenvalue weighted by molar-refractivity contribution is 9.10. The second-order valence-electron chi connectivity index (χ2n) is 4.30. The van der Waals surface area contributed by atoms with Crippen LogP contribution in [0, 0.1) is 0 Å². The number of nitrogens with two attached hydrogens (primary N) is 1. The van der Waals surface area contributed by atoms with Gasteiger partial charge in [0.15, 0.2) is 0 Å². The van der Waals surface area contributed by atoms with E-state index in [1.54, 1.807) is 37.6 Å². The molecule has 1 aromatic heterocycles. The third-order valence-electron chi connectivity index (χ3n) is 2.83. The van der Waals surface area contributed by atoms with Crippen LogP contribution in [-0.2, 0) is 16.6 Å². The van der Waals surface area contributed by atoms with E-state index in [9.17, 15) is 8.42 Å². The third-order valence-corrected chi connectivity index (χ3v) is 5.32. The molecule has 0 saturated carbocycles. The van der Waals surface area contributed by atoms with E-state index in [-0.39, 0.29) is 11.4 Å². The van der Waals surface area contributed by atoms with Crippen LogP contribution >= 0.6 is 15.9 Å². The molecular formula is C13H14BrN3O2S. The lowest BCUT2D eigenvalue weighted by Gasteiger charge is -2.17. The molecule has 2 N–H and O–H groups in total. The average molecular weight is 356 g/mol. The minimum absolute atomic E-state index is 0.204. The number of benzene rings is 1. The Morgan fingerprint density at radius 3 is 2.50 bits per heavy atom. The summed E-state index contributed by atoms with van der Waals surface area (Å²) in [6.07, 6.45) is 3.27. The van der Waals surface area contributed by atoms with Crippen LogP contribution in [0.2, 0.25) is 0 Å². The molecule has 5 nitrogen and oxygen atoms in total. The summed E-state index contributed by atoms with van der Waals surface area (Å²) in [5.74, 6) is 0. The van der Waals surface area contributed by atoms with Gasteiger partial charge in [-0.25, -0.2) is 8.42 Å². The minimum Gasteiger partial charge on any atom is -0.398 e. The minimum atomic E-state index is -3.55. The standard InChI is InChI=1S/C13H14BrN3O2S/c1-17(9-10-4-6-16-7-5-10)20(18,19)11-2-3-13(15)12(14)8-11/h2-8H,9,15H2,1H3. The highest BCUT2D eigenvalue weighted by Crippen LogP contribution is 2.25. The van der Waals surface area contributed by atoms with Gasteiger partial charge < -0.3 is 5.73 Å². The molecule has 106 valence electrons. The van der Waals surface area contributed by atoms with Crippen molar-refractivity contribution < 1.29 is 8.42 Å². The summed E-state index contributed by atoms with van der Waals surface area (Å²) < 4.78 is 26.8. The Balaban J connectivity index is 2.27. The highest BCUT2D eigenvalue weighted by Gasteiger charge is 2.21. The number of pyridine rings is 1. The third kappa shape index (κ3) is 3.17. The van der Waals surface area contributed by atoms with Gasteiger partial charge in [-0.1, -0.05) is 0 Å². The van der Waals surface area contributed by atoms with Crippen molar-refractivity contribution in [2.75, 3.05) is 12.8 Å². The molecule has 1 aromatic carbocycles. The van der Waals surface area contributed by atoms with Crippen molar-refractivity contribution in [3.05, 3.63) is 52.8 Å². The van der Waals surface area contributed by atoms with Crippen LogP contribution in [0.1, 0.15) is 5.56 Å². The molecule has 7 heteroatoms. The molecule has 0 aliphatic rings. The Labute approximate surface area is 126 Å². The van der Waals surface area contributed by atoms with Crippen molar-refractivity contribution in [3.8, 4) is 0 Å². The molecule has 0 atom stereocenters. The van der Waals surface area contributed by atoms with Crippen LogP contribution in [0.15, 0.2) is 52.1 Å². The first-order chi connectivity index (χ1) is 9.41. The van der Waals surface area contributed by atoms with Gasteiger partial charge in [0.25, 0.3) is 0 Å². The van der Waals surface area contributed by atoms with Crippen molar-refractivity contribution in [2.45, 2.75) is 11.4 Å². The molecule has 0 aliphatic carbocycles. The summed E-state index contributed by atoms with van der Waals surface area (Å²) in [6, 6.07) is 8.14. The van der Waals surface area contributed by atoms with Crippen molar-refractivity contribution >= 4 is 31.6 Å². The molecule has 0 amide bonds. The lowest BCUT2D eigenvalue weighted by Crippen LogP contribution is -2.26. The fourth-order valence-corrected chi connectivity index (χ4v) is 3.39. The van der Waals surface area contributed by atoms with E-state index in [2.05, 4.69) is 20.9 Å². The molecule has 0 saturated heterocycles. The molecular weight excluding hydrogens is 342 g/mol. The Bertz CT molecular complexity index is 705. The van der Waals surface area contributed by atoms with Crippen molar-refractivity contribution in [2.24, 2.45) is 0 Å². The van der Waals surface area contributed by atoms with Crippen LogP contribution in [0.25, 0.3) is 0 Å². The summed E-state index contributed by atoms with van der Waals surface area (Å²) in [5, 5.41) is 0. The monoisotopic (exact) mass is 355 g/mol. The molecule has 2 aromatic rings. The number of aromatic nitrogens is 1. The summed E-state index contributed by atoms with van der Waals surface area (Å²) in [7, 11) is -2.01. The zero-order chi connectivity index (χ0) is 14.8. The molecule has 2 rings (SSSR count). The van der Waals surface area contributed by atoms with Crippen LogP contribution in [-0.4, -0.2) is 24.8 Å². The van der Waals surface area contributed by atoms with E-state index < -0.39 is 10.0 Å². The first-order valence-electron chi connectivity index (χ1n) is 5.81. The molecule has 1 heterocycles. The largest absolute Gasteiger partial charge is 0.398 e. The summed E-state index contributed by atoms with van der Waals surface area (Å²) >= 11 is 3.24. The lowest BCUT2D eigenvalue weighted by molar-refractivity contribution is 0.466. The average Bonchev–Trinajstić information content (AvgIpc) is 2.42. The van der Waals surface area contributed by atoms with Gasteiger partial charge in [-0.15, -0.1) is 0 Å². The fraction of sp³-hybridized carbons (Fsp3) is 0.154. The quantitative estimate of drug-likeness (QED) is 0.853. The molecule has 0 fully saturated rings. The van der Waals surface area contributed by atoms with Gasteiger partial charge >= 0.3 is 0 Å². The fourth-order valence-electron chi connectivity index (χ4n) is 1.68. The van der Waals surface area contributed by atoms with Crippen LogP contribution in [0.5, 0.6) is 0 Å². The van der Waals surface area contributed by atoms with Crippen LogP contribution in [0.4, 0.5) is 5.69 Å². The van der Waals surface area contributed by atoms with E-state index in [1.165, 1.54) is 16.4 Å². The molecule has 0 aliphatic heterocycles. The normalized spacial score (nSPS) is 11.8. The summed E-state index contributed by atoms with van der Waals surface area (Å²) in [6.45, 7) is 0.285. The second kappa shape index (κ2) is 5.90. The van der Waals surface area contributed by atoms with E-state index in [1.807, 2.05) is 0 Å². The SMILES string of the molecule is CN(Cc1ccncc1)S(=O)(=O)c1ccc(N)c(Br)c1. The first kappa shape index (κ1) is 15.0. The van der Waals surface area contributed by atoms with E-state index >= 15 is 0 Å². The highest BCUT2D eigenvalue weighted by atomic mass is 79.9. The summed E-state index contributed by atoms with van der Waals surface area (Å²) in [5.41, 5.74) is 7.05. The predicted molar refractivity (Wildman–Crippen MR) is 81.4 cm³/mol. The second-order valence-corrected chi connectivity index (χ2v) is 7.20. The number of nitrogens with zero attached hydrogens (tertiary/aromatic N) is 2. The maximum atomic E-state index is 12.4. The number of rotatable bonds is 4. The number of hydrogen-bond acceptors (Lipinski definition) is 4. The van der Waals surface area contributed by atoms with Crippen LogP contribution in [0.3, 0.4) is 0 Å². The molecule has 0 radical (unpaired) electrons.